The summed E-state index contributed by atoms with van der Waals surface area (Å²) in [5.41, 5.74) is 5.30. The van der Waals surface area contributed by atoms with Crippen molar-refractivity contribution in [1.82, 2.24) is 14.5 Å². The fraction of sp³-hybridized carbons (Fsp3) is 0.364. The Balaban J connectivity index is 1.86. The van der Waals surface area contributed by atoms with E-state index >= 15 is 0 Å². The Hall–Kier alpha value is -3.77. The fourth-order valence-corrected chi connectivity index (χ4v) is 4.98. The summed E-state index contributed by atoms with van der Waals surface area (Å²) in [6.07, 6.45) is 3.83. The van der Waals surface area contributed by atoms with Crippen LogP contribution in [0.25, 0.3) is 16.6 Å². The summed E-state index contributed by atoms with van der Waals surface area (Å²) in [6.45, 7) is 9.04. The second-order valence-corrected chi connectivity index (χ2v) is 10.1. The first-order valence-corrected chi connectivity index (χ1v) is 13.9. The second kappa shape index (κ2) is 12.9. The van der Waals surface area contributed by atoms with Crippen LogP contribution in [0, 0.1) is 13.8 Å². The average molecular weight is 526 g/mol. The van der Waals surface area contributed by atoms with Gasteiger partial charge in [-0.05, 0) is 86.2 Å². The molecule has 6 heteroatoms. The molecule has 0 fully saturated rings. The van der Waals surface area contributed by atoms with Crippen molar-refractivity contribution >= 4 is 16.8 Å². The number of carbonyl (C=O) groups is 1. The Kier molecular flexibility index (Phi) is 9.31. The molecule has 1 aromatic heterocycles. The minimum atomic E-state index is -0.439. The van der Waals surface area contributed by atoms with Gasteiger partial charge in [0.05, 0.1) is 29.2 Å². The molecule has 3 aromatic carbocycles. The number of benzene rings is 3. The molecule has 0 aliphatic carbocycles. The number of fused-ring (bicyclic) bond motifs is 1. The van der Waals surface area contributed by atoms with Gasteiger partial charge in [0, 0.05) is 19.2 Å². The quantitative estimate of drug-likeness (QED) is 0.222. The molecule has 0 N–H and O–H groups in total. The van der Waals surface area contributed by atoms with Crippen molar-refractivity contribution < 1.29 is 9.53 Å². The van der Waals surface area contributed by atoms with E-state index < -0.39 is 6.04 Å². The van der Waals surface area contributed by atoms with E-state index in [1.165, 1.54) is 5.56 Å². The van der Waals surface area contributed by atoms with E-state index in [2.05, 4.69) is 13.8 Å². The minimum Gasteiger partial charge on any atom is -0.383 e. The van der Waals surface area contributed by atoms with Crippen LogP contribution in [0.15, 0.2) is 71.5 Å². The van der Waals surface area contributed by atoms with Gasteiger partial charge in [0.2, 0.25) is 0 Å². The van der Waals surface area contributed by atoms with Crippen molar-refractivity contribution in [3.8, 4) is 5.69 Å². The Morgan fingerprint density at radius 2 is 1.74 bits per heavy atom. The van der Waals surface area contributed by atoms with Gasteiger partial charge in [-0.3, -0.25) is 14.2 Å². The molecule has 0 aliphatic rings. The number of amides is 1. The Morgan fingerprint density at radius 1 is 1.00 bits per heavy atom. The number of aryl methyl sites for hydroxylation is 3. The summed E-state index contributed by atoms with van der Waals surface area (Å²) in [5.74, 6) is 0.448. The number of unbranched alkanes of at least 4 members (excludes halogenated alkanes) is 1. The molecular weight excluding hydrogens is 486 g/mol. The van der Waals surface area contributed by atoms with Gasteiger partial charge < -0.3 is 9.64 Å². The standard InChI is InChI=1S/C33H39N3O3/c1-6-8-11-25-15-17-26(18-16-25)32(37)35(20-21-39-5)30(7-2)31-34-29-13-10-9-12-28(29)33(38)36(31)27-19-14-23(3)24(4)22-27/h9-10,12-19,22,30H,6-8,11,20-21H2,1-5H3. The molecule has 39 heavy (non-hydrogen) atoms. The van der Waals surface area contributed by atoms with Crippen LogP contribution in [0.5, 0.6) is 0 Å². The smallest absolute Gasteiger partial charge is 0.266 e. The summed E-state index contributed by atoms with van der Waals surface area (Å²) >= 11 is 0. The molecule has 1 atom stereocenters. The molecule has 6 nitrogen and oxygen atoms in total. The molecule has 0 radical (unpaired) electrons. The number of rotatable bonds is 11. The lowest BCUT2D eigenvalue weighted by molar-refractivity contribution is 0.0579. The van der Waals surface area contributed by atoms with Crippen LogP contribution in [0.1, 0.15) is 72.0 Å². The van der Waals surface area contributed by atoms with E-state index in [0.717, 1.165) is 36.1 Å². The van der Waals surface area contributed by atoms with Crippen LogP contribution in [-0.2, 0) is 11.2 Å². The predicted molar refractivity (Wildman–Crippen MR) is 158 cm³/mol. The van der Waals surface area contributed by atoms with E-state index in [4.69, 9.17) is 9.72 Å². The number of hydrogen-bond acceptors (Lipinski definition) is 4. The molecule has 0 spiro atoms. The highest BCUT2D eigenvalue weighted by molar-refractivity contribution is 5.94. The van der Waals surface area contributed by atoms with Crippen LogP contribution >= 0.6 is 0 Å². The zero-order valence-electron chi connectivity index (χ0n) is 23.7. The molecule has 0 aliphatic heterocycles. The van der Waals surface area contributed by atoms with E-state index in [9.17, 15) is 9.59 Å². The first kappa shape index (κ1) is 28.2. The number of para-hydroxylation sites is 1. The van der Waals surface area contributed by atoms with Gasteiger partial charge in [0.25, 0.3) is 11.5 Å². The van der Waals surface area contributed by atoms with Crippen molar-refractivity contribution in [1.29, 1.82) is 0 Å². The number of methoxy groups -OCH3 is 1. The third-order valence-electron chi connectivity index (χ3n) is 7.43. The lowest BCUT2D eigenvalue weighted by Gasteiger charge is -2.32. The lowest BCUT2D eigenvalue weighted by atomic mass is 10.0. The van der Waals surface area contributed by atoms with Crippen LogP contribution in [0.3, 0.4) is 0 Å². The maximum absolute atomic E-state index is 14.0. The number of ether oxygens (including phenoxy) is 1. The van der Waals surface area contributed by atoms with Crippen LogP contribution in [-0.4, -0.2) is 40.6 Å². The normalized spacial score (nSPS) is 12.0. The number of hydrogen-bond donors (Lipinski definition) is 0. The zero-order chi connectivity index (χ0) is 27.9. The SMILES string of the molecule is CCCCc1ccc(C(=O)N(CCOC)C(CC)c2nc3ccccc3c(=O)n2-c2ccc(C)c(C)c2)cc1. The van der Waals surface area contributed by atoms with Crippen molar-refractivity contribution in [2.24, 2.45) is 0 Å². The summed E-state index contributed by atoms with van der Waals surface area (Å²) in [4.78, 5) is 34.8. The van der Waals surface area contributed by atoms with E-state index in [1.54, 1.807) is 22.6 Å². The van der Waals surface area contributed by atoms with E-state index in [-0.39, 0.29) is 11.5 Å². The van der Waals surface area contributed by atoms with Crippen LogP contribution < -0.4 is 5.56 Å². The first-order chi connectivity index (χ1) is 18.9. The fourth-order valence-electron chi connectivity index (χ4n) is 4.98. The van der Waals surface area contributed by atoms with Gasteiger partial charge in [0.15, 0.2) is 0 Å². The average Bonchev–Trinajstić information content (AvgIpc) is 2.95. The van der Waals surface area contributed by atoms with Crippen molar-refractivity contribution in [2.45, 2.75) is 59.4 Å². The molecule has 0 saturated carbocycles. The minimum absolute atomic E-state index is 0.102. The predicted octanol–water partition coefficient (Wildman–Crippen LogP) is 6.59. The second-order valence-electron chi connectivity index (χ2n) is 10.1. The highest BCUT2D eigenvalue weighted by atomic mass is 16.5. The van der Waals surface area contributed by atoms with Crippen molar-refractivity contribution in [3.05, 3.63) is 105 Å². The summed E-state index contributed by atoms with van der Waals surface area (Å²) in [5, 5.41) is 0.548. The maximum atomic E-state index is 14.0. The van der Waals surface area contributed by atoms with Crippen LogP contribution in [0.4, 0.5) is 0 Å². The van der Waals surface area contributed by atoms with Crippen molar-refractivity contribution in [3.63, 3.8) is 0 Å². The largest absolute Gasteiger partial charge is 0.383 e. The molecule has 4 rings (SSSR count). The van der Waals surface area contributed by atoms with Gasteiger partial charge in [-0.2, -0.15) is 0 Å². The first-order valence-electron chi connectivity index (χ1n) is 13.9. The van der Waals surface area contributed by atoms with Gasteiger partial charge in [-0.15, -0.1) is 0 Å². The molecule has 4 aromatic rings. The summed E-state index contributed by atoms with van der Waals surface area (Å²) in [7, 11) is 1.63. The van der Waals surface area contributed by atoms with Gasteiger partial charge >= 0.3 is 0 Å². The molecule has 0 saturated heterocycles. The molecular formula is C33H39N3O3. The van der Waals surface area contributed by atoms with E-state index in [0.29, 0.717) is 41.9 Å². The van der Waals surface area contributed by atoms with Crippen LogP contribution in [0.2, 0.25) is 0 Å². The number of carbonyl (C=O) groups excluding carboxylic acids is 1. The lowest BCUT2D eigenvalue weighted by Crippen LogP contribution is -2.40. The third kappa shape index (κ3) is 6.12. The van der Waals surface area contributed by atoms with Crippen molar-refractivity contribution in [2.75, 3.05) is 20.3 Å². The zero-order valence-corrected chi connectivity index (χ0v) is 23.7. The van der Waals surface area contributed by atoms with Gasteiger partial charge in [-0.1, -0.05) is 50.6 Å². The Morgan fingerprint density at radius 3 is 2.41 bits per heavy atom. The number of nitrogens with zero attached hydrogens (tertiary/aromatic N) is 3. The Labute approximate surface area is 231 Å². The van der Waals surface area contributed by atoms with Gasteiger partial charge in [0.1, 0.15) is 5.82 Å². The van der Waals surface area contributed by atoms with Gasteiger partial charge in [-0.25, -0.2) is 4.98 Å². The topological polar surface area (TPSA) is 64.4 Å². The molecule has 1 heterocycles. The Bertz CT molecular complexity index is 1490. The molecule has 1 amide bonds. The molecule has 204 valence electrons. The van der Waals surface area contributed by atoms with E-state index in [1.807, 2.05) is 74.5 Å². The highest BCUT2D eigenvalue weighted by Crippen LogP contribution is 2.28. The molecule has 1 unspecified atom stereocenters. The number of aromatic nitrogens is 2. The summed E-state index contributed by atoms with van der Waals surface area (Å²) in [6, 6.07) is 20.8. The maximum Gasteiger partial charge on any atom is 0.266 e. The summed E-state index contributed by atoms with van der Waals surface area (Å²) < 4.78 is 7.09. The molecule has 0 bridgehead atoms. The monoisotopic (exact) mass is 525 g/mol. The third-order valence-corrected chi connectivity index (χ3v) is 7.43. The highest BCUT2D eigenvalue weighted by Gasteiger charge is 2.29.